The molecule has 0 bridgehead atoms. The van der Waals surface area contributed by atoms with Gasteiger partial charge in [-0.3, -0.25) is 0 Å². The van der Waals surface area contributed by atoms with Crippen LogP contribution in [0.25, 0.3) is 22.0 Å². The number of hydrogen-bond acceptors (Lipinski definition) is 5. The molecule has 0 radical (unpaired) electrons. The van der Waals surface area contributed by atoms with Crippen LogP contribution in [0.2, 0.25) is 0 Å². The number of nitrogen functional groups attached to an aromatic ring is 1. The minimum Gasteiger partial charge on any atom is -0.497 e. The van der Waals surface area contributed by atoms with Crippen molar-refractivity contribution in [1.29, 1.82) is 0 Å². The first-order valence-corrected chi connectivity index (χ1v) is 6.48. The molecular weight excluding hydrogens is 266 g/mol. The van der Waals surface area contributed by atoms with Crippen LogP contribution in [-0.4, -0.2) is 24.4 Å². The lowest BCUT2D eigenvalue weighted by Gasteiger charge is -2.11. The number of benzene rings is 2. The zero-order chi connectivity index (χ0) is 14.8. The summed E-state index contributed by atoms with van der Waals surface area (Å²) >= 11 is 0. The molecule has 2 N–H and O–H groups in total. The van der Waals surface area contributed by atoms with Gasteiger partial charge < -0.3 is 15.2 Å². The summed E-state index contributed by atoms with van der Waals surface area (Å²) in [6.07, 6.45) is 0. The smallest absolute Gasteiger partial charge is 0.154 e. The molecular formula is C16H15N3O2. The molecule has 1 heterocycles. The van der Waals surface area contributed by atoms with E-state index in [0.29, 0.717) is 5.82 Å². The molecule has 21 heavy (non-hydrogen) atoms. The van der Waals surface area contributed by atoms with Crippen LogP contribution in [-0.2, 0) is 0 Å². The summed E-state index contributed by atoms with van der Waals surface area (Å²) in [4.78, 5) is 0. The molecule has 0 fully saturated rings. The first kappa shape index (κ1) is 13.2. The molecule has 0 aliphatic heterocycles. The molecule has 3 aromatic rings. The standard InChI is InChI=1S/C16H15N3O2/c1-20-11-8-6-10(7-9-11)15-14-12(16(17)19-18-15)4-3-5-13(14)21-2/h3-9H,1-2H3,(H2,17,19). The lowest BCUT2D eigenvalue weighted by Crippen LogP contribution is -1.99. The van der Waals surface area contributed by atoms with Gasteiger partial charge in [0.15, 0.2) is 5.82 Å². The van der Waals surface area contributed by atoms with Crippen molar-refractivity contribution >= 4 is 16.6 Å². The van der Waals surface area contributed by atoms with Crippen molar-refractivity contribution in [3.05, 3.63) is 42.5 Å². The van der Waals surface area contributed by atoms with Crippen LogP contribution >= 0.6 is 0 Å². The summed E-state index contributed by atoms with van der Waals surface area (Å²) in [6.45, 7) is 0. The number of anilines is 1. The Bertz CT molecular complexity index is 785. The summed E-state index contributed by atoms with van der Waals surface area (Å²) in [6, 6.07) is 13.3. The van der Waals surface area contributed by atoms with Crippen molar-refractivity contribution < 1.29 is 9.47 Å². The molecule has 0 spiro atoms. The lowest BCUT2D eigenvalue weighted by atomic mass is 10.0. The fourth-order valence-electron chi connectivity index (χ4n) is 2.32. The number of ether oxygens (including phenoxy) is 2. The van der Waals surface area contributed by atoms with E-state index in [9.17, 15) is 0 Å². The van der Waals surface area contributed by atoms with Gasteiger partial charge in [0.05, 0.1) is 19.6 Å². The Hall–Kier alpha value is -2.82. The summed E-state index contributed by atoms with van der Waals surface area (Å²) in [5.41, 5.74) is 7.59. The van der Waals surface area contributed by atoms with E-state index in [2.05, 4.69) is 10.2 Å². The van der Waals surface area contributed by atoms with Crippen LogP contribution in [0.15, 0.2) is 42.5 Å². The number of aromatic nitrogens is 2. The Balaban J connectivity index is 2.28. The van der Waals surface area contributed by atoms with Gasteiger partial charge in [0.1, 0.15) is 17.2 Å². The summed E-state index contributed by atoms with van der Waals surface area (Å²) < 4.78 is 10.6. The van der Waals surface area contributed by atoms with Gasteiger partial charge in [0, 0.05) is 10.9 Å². The second-order valence-electron chi connectivity index (χ2n) is 4.55. The minimum absolute atomic E-state index is 0.390. The SMILES string of the molecule is COc1ccc(-c2nnc(N)c3cccc(OC)c23)cc1. The van der Waals surface area contributed by atoms with Crippen molar-refractivity contribution in [2.45, 2.75) is 0 Å². The van der Waals surface area contributed by atoms with Gasteiger partial charge >= 0.3 is 0 Å². The maximum Gasteiger partial charge on any atom is 0.154 e. The number of hydrogen-bond donors (Lipinski definition) is 1. The Kier molecular flexibility index (Phi) is 3.31. The first-order valence-electron chi connectivity index (χ1n) is 6.48. The zero-order valence-corrected chi connectivity index (χ0v) is 11.8. The molecule has 5 heteroatoms. The van der Waals surface area contributed by atoms with E-state index in [1.807, 2.05) is 42.5 Å². The predicted molar refractivity (Wildman–Crippen MR) is 82.5 cm³/mol. The van der Waals surface area contributed by atoms with Gasteiger partial charge in [-0.1, -0.05) is 12.1 Å². The van der Waals surface area contributed by atoms with Crippen molar-refractivity contribution in [1.82, 2.24) is 10.2 Å². The fourth-order valence-corrected chi connectivity index (χ4v) is 2.32. The Morgan fingerprint density at radius 2 is 1.67 bits per heavy atom. The van der Waals surface area contributed by atoms with Crippen LogP contribution in [0.4, 0.5) is 5.82 Å². The molecule has 5 nitrogen and oxygen atoms in total. The molecule has 0 aliphatic rings. The lowest BCUT2D eigenvalue weighted by molar-refractivity contribution is 0.415. The number of nitrogens with two attached hydrogens (primary N) is 1. The predicted octanol–water partition coefficient (Wildman–Crippen LogP) is 2.90. The minimum atomic E-state index is 0.390. The average molecular weight is 281 g/mol. The second kappa shape index (κ2) is 5.28. The third-order valence-electron chi connectivity index (χ3n) is 3.38. The van der Waals surface area contributed by atoms with Crippen LogP contribution in [0.3, 0.4) is 0 Å². The van der Waals surface area contributed by atoms with Gasteiger partial charge in [0.2, 0.25) is 0 Å². The normalized spacial score (nSPS) is 10.6. The van der Waals surface area contributed by atoms with Crippen LogP contribution in [0, 0.1) is 0 Å². The first-order chi connectivity index (χ1) is 10.2. The van der Waals surface area contributed by atoms with E-state index in [1.165, 1.54) is 0 Å². The van der Waals surface area contributed by atoms with Gasteiger partial charge in [-0.2, -0.15) is 0 Å². The van der Waals surface area contributed by atoms with E-state index >= 15 is 0 Å². The summed E-state index contributed by atoms with van der Waals surface area (Å²) in [7, 11) is 3.26. The topological polar surface area (TPSA) is 70.3 Å². The maximum absolute atomic E-state index is 5.92. The van der Waals surface area contributed by atoms with Crippen LogP contribution < -0.4 is 15.2 Å². The largest absolute Gasteiger partial charge is 0.497 e. The van der Waals surface area contributed by atoms with E-state index < -0.39 is 0 Å². The van der Waals surface area contributed by atoms with E-state index in [-0.39, 0.29) is 0 Å². The molecule has 0 amide bonds. The zero-order valence-electron chi connectivity index (χ0n) is 11.8. The Labute approximate surface area is 122 Å². The Morgan fingerprint density at radius 3 is 2.33 bits per heavy atom. The molecule has 0 unspecified atom stereocenters. The average Bonchev–Trinajstić information content (AvgIpc) is 2.55. The number of rotatable bonds is 3. The highest BCUT2D eigenvalue weighted by Gasteiger charge is 2.13. The molecule has 2 aromatic carbocycles. The highest BCUT2D eigenvalue weighted by Crippen LogP contribution is 2.35. The van der Waals surface area contributed by atoms with Crippen molar-refractivity contribution in [2.75, 3.05) is 20.0 Å². The summed E-state index contributed by atoms with van der Waals surface area (Å²) in [5.74, 6) is 1.90. The molecule has 0 aliphatic carbocycles. The monoisotopic (exact) mass is 281 g/mol. The van der Waals surface area contributed by atoms with Crippen LogP contribution in [0.5, 0.6) is 11.5 Å². The van der Waals surface area contributed by atoms with E-state index in [0.717, 1.165) is 33.5 Å². The third-order valence-corrected chi connectivity index (χ3v) is 3.38. The summed E-state index contributed by atoms with van der Waals surface area (Å²) in [5, 5.41) is 9.98. The molecule has 106 valence electrons. The highest BCUT2D eigenvalue weighted by atomic mass is 16.5. The number of nitrogens with zero attached hydrogens (tertiary/aromatic N) is 2. The van der Waals surface area contributed by atoms with Gasteiger partial charge in [-0.05, 0) is 30.3 Å². The van der Waals surface area contributed by atoms with Gasteiger partial charge in [-0.25, -0.2) is 0 Å². The third kappa shape index (κ3) is 2.23. The second-order valence-corrected chi connectivity index (χ2v) is 4.55. The molecule has 0 saturated heterocycles. The van der Waals surface area contributed by atoms with E-state index in [4.69, 9.17) is 15.2 Å². The van der Waals surface area contributed by atoms with Crippen molar-refractivity contribution in [2.24, 2.45) is 0 Å². The number of methoxy groups -OCH3 is 2. The highest BCUT2D eigenvalue weighted by molar-refractivity contribution is 6.03. The molecule has 3 rings (SSSR count). The van der Waals surface area contributed by atoms with E-state index in [1.54, 1.807) is 14.2 Å². The maximum atomic E-state index is 5.92. The van der Waals surface area contributed by atoms with Gasteiger partial charge in [-0.15, -0.1) is 10.2 Å². The molecule has 0 atom stereocenters. The van der Waals surface area contributed by atoms with Crippen molar-refractivity contribution in [3.8, 4) is 22.8 Å². The van der Waals surface area contributed by atoms with Crippen molar-refractivity contribution in [3.63, 3.8) is 0 Å². The Morgan fingerprint density at radius 1 is 0.905 bits per heavy atom. The quantitative estimate of drug-likeness (QED) is 0.799. The molecule has 0 saturated carbocycles. The molecule has 1 aromatic heterocycles. The van der Waals surface area contributed by atoms with Crippen LogP contribution in [0.1, 0.15) is 0 Å². The van der Waals surface area contributed by atoms with Gasteiger partial charge in [0.25, 0.3) is 0 Å². The number of fused-ring (bicyclic) bond motifs is 1. The fraction of sp³-hybridized carbons (Fsp3) is 0.125.